The molecule has 0 amide bonds. The Morgan fingerprint density at radius 1 is 1.30 bits per heavy atom. The standard InChI is InChI=1S/C16H27N3O/c1-5-20-15-9-7-6-8-13(15)16(17-2)14-12-18(3)10-11-19(14)4/h6-9,14,16-17H,5,10-12H2,1-4H3. The highest BCUT2D eigenvalue weighted by atomic mass is 16.5. The lowest BCUT2D eigenvalue weighted by atomic mass is 9.95. The first kappa shape index (κ1) is 15.3. The molecule has 0 bridgehead atoms. The number of piperazine rings is 1. The zero-order valence-corrected chi connectivity index (χ0v) is 13.1. The Hall–Kier alpha value is -1.10. The first-order chi connectivity index (χ1) is 9.67. The van der Waals surface area contributed by atoms with Crippen LogP contribution in [0, 0.1) is 0 Å². The molecule has 2 unspecified atom stereocenters. The lowest BCUT2D eigenvalue weighted by Gasteiger charge is -2.42. The minimum atomic E-state index is 0.283. The van der Waals surface area contributed by atoms with E-state index in [4.69, 9.17) is 4.74 Å². The maximum absolute atomic E-state index is 5.80. The monoisotopic (exact) mass is 277 g/mol. The van der Waals surface area contributed by atoms with Crippen LogP contribution in [0.2, 0.25) is 0 Å². The fraction of sp³-hybridized carbons (Fsp3) is 0.625. The highest BCUT2D eigenvalue weighted by molar-refractivity contribution is 5.37. The van der Waals surface area contributed by atoms with Crippen LogP contribution >= 0.6 is 0 Å². The predicted molar refractivity (Wildman–Crippen MR) is 83.3 cm³/mol. The van der Waals surface area contributed by atoms with E-state index in [2.05, 4.69) is 47.4 Å². The fourth-order valence-corrected chi connectivity index (χ4v) is 2.98. The van der Waals surface area contributed by atoms with E-state index in [9.17, 15) is 0 Å². The summed E-state index contributed by atoms with van der Waals surface area (Å²) in [4.78, 5) is 4.85. The van der Waals surface area contributed by atoms with Crippen molar-refractivity contribution in [3.63, 3.8) is 0 Å². The summed E-state index contributed by atoms with van der Waals surface area (Å²) in [5.74, 6) is 0.996. The molecule has 1 aliphatic heterocycles. The largest absolute Gasteiger partial charge is 0.494 e. The van der Waals surface area contributed by atoms with Gasteiger partial charge in [0.25, 0.3) is 0 Å². The third-order valence-corrected chi connectivity index (χ3v) is 4.15. The molecule has 112 valence electrons. The highest BCUT2D eigenvalue weighted by Crippen LogP contribution is 2.30. The van der Waals surface area contributed by atoms with Crippen LogP contribution in [0.1, 0.15) is 18.5 Å². The summed E-state index contributed by atoms with van der Waals surface area (Å²) >= 11 is 0. The van der Waals surface area contributed by atoms with Crippen molar-refractivity contribution in [3.05, 3.63) is 29.8 Å². The van der Waals surface area contributed by atoms with Crippen LogP contribution in [0.4, 0.5) is 0 Å². The molecular weight excluding hydrogens is 250 g/mol. The highest BCUT2D eigenvalue weighted by Gasteiger charge is 2.31. The number of hydrogen-bond donors (Lipinski definition) is 1. The van der Waals surface area contributed by atoms with E-state index in [-0.39, 0.29) is 6.04 Å². The molecule has 0 saturated carbocycles. The molecule has 0 aromatic heterocycles. The lowest BCUT2D eigenvalue weighted by Crippen LogP contribution is -2.54. The van der Waals surface area contributed by atoms with E-state index < -0.39 is 0 Å². The normalized spacial score (nSPS) is 22.7. The number of nitrogens with zero attached hydrogens (tertiary/aromatic N) is 2. The molecule has 2 rings (SSSR count). The molecule has 0 radical (unpaired) electrons. The Morgan fingerprint density at radius 2 is 2.05 bits per heavy atom. The van der Waals surface area contributed by atoms with Crippen LogP contribution < -0.4 is 10.1 Å². The number of ether oxygens (including phenoxy) is 1. The lowest BCUT2D eigenvalue weighted by molar-refractivity contribution is 0.0888. The van der Waals surface area contributed by atoms with E-state index in [0.717, 1.165) is 25.4 Å². The molecule has 1 aromatic carbocycles. The van der Waals surface area contributed by atoms with Gasteiger partial charge in [-0.3, -0.25) is 4.90 Å². The minimum Gasteiger partial charge on any atom is -0.494 e. The van der Waals surface area contributed by atoms with E-state index in [0.29, 0.717) is 12.6 Å². The van der Waals surface area contributed by atoms with Gasteiger partial charge >= 0.3 is 0 Å². The Kier molecular flexibility index (Phi) is 5.40. The van der Waals surface area contributed by atoms with Crippen molar-refractivity contribution in [2.75, 3.05) is 47.4 Å². The Labute approximate surface area is 122 Å². The predicted octanol–water partition coefficient (Wildman–Crippen LogP) is 1.59. The molecule has 0 spiro atoms. The SMILES string of the molecule is CCOc1ccccc1C(NC)C1CN(C)CCN1C. The van der Waals surface area contributed by atoms with Gasteiger partial charge in [-0.2, -0.15) is 0 Å². The molecule has 0 aliphatic carbocycles. The van der Waals surface area contributed by atoms with Crippen LogP contribution in [0.15, 0.2) is 24.3 Å². The second kappa shape index (κ2) is 7.07. The van der Waals surface area contributed by atoms with Crippen molar-refractivity contribution < 1.29 is 4.74 Å². The molecule has 4 nitrogen and oxygen atoms in total. The van der Waals surface area contributed by atoms with Gasteiger partial charge in [-0.1, -0.05) is 18.2 Å². The van der Waals surface area contributed by atoms with Gasteiger partial charge < -0.3 is 15.0 Å². The first-order valence-electron chi connectivity index (χ1n) is 7.45. The Bertz CT molecular complexity index is 424. The number of hydrogen-bond acceptors (Lipinski definition) is 4. The number of rotatable bonds is 5. The Balaban J connectivity index is 2.27. The minimum absolute atomic E-state index is 0.283. The van der Waals surface area contributed by atoms with Gasteiger partial charge in [0.05, 0.1) is 12.6 Å². The summed E-state index contributed by atoms with van der Waals surface area (Å²) in [5.41, 5.74) is 1.25. The van der Waals surface area contributed by atoms with Crippen LogP contribution in [-0.2, 0) is 0 Å². The maximum Gasteiger partial charge on any atom is 0.124 e. The molecule has 1 aromatic rings. The van der Waals surface area contributed by atoms with Gasteiger partial charge in [-0.15, -0.1) is 0 Å². The van der Waals surface area contributed by atoms with Crippen molar-refractivity contribution in [3.8, 4) is 5.75 Å². The average molecular weight is 277 g/mol. The summed E-state index contributed by atoms with van der Waals surface area (Å²) in [5, 5.41) is 3.49. The number of likely N-dealkylation sites (N-methyl/N-ethyl adjacent to an activating group) is 3. The number of benzene rings is 1. The van der Waals surface area contributed by atoms with Gasteiger partial charge in [-0.05, 0) is 34.1 Å². The van der Waals surface area contributed by atoms with E-state index in [1.54, 1.807) is 0 Å². The van der Waals surface area contributed by atoms with Crippen LogP contribution in [0.5, 0.6) is 5.75 Å². The van der Waals surface area contributed by atoms with Crippen LogP contribution in [0.25, 0.3) is 0 Å². The summed E-state index contributed by atoms with van der Waals surface area (Å²) in [7, 11) is 6.45. The summed E-state index contributed by atoms with van der Waals surface area (Å²) in [6.45, 7) is 6.05. The van der Waals surface area contributed by atoms with Crippen molar-refractivity contribution in [2.24, 2.45) is 0 Å². The van der Waals surface area contributed by atoms with Gasteiger partial charge in [0, 0.05) is 31.2 Å². The summed E-state index contributed by atoms with van der Waals surface area (Å²) in [6.07, 6.45) is 0. The molecule has 2 atom stereocenters. The number of nitrogens with one attached hydrogen (secondary N) is 1. The molecule has 4 heteroatoms. The van der Waals surface area contributed by atoms with Gasteiger partial charge in [0.2, 0.25) is 0 Å². The maximum atomic E-state index is 5.80. The molecule has 1 saturated heterocycles. The van der Waals surface area contributed by atoms with Crippen molar-refractivity contribution in [1.29, 1.82) is 0 Å². The second-order valence-electron chi connectivity index (χ2n) is 5.55. The molecule has 1 heterocycles. The fourth-order valence-electron chi connectivity index (χ4n) is 2.98. The topological polar surface area (TPSA) is 27.7 Å². The smallest absolute Gasteiger partial charge is 0.124 e. The van der Waals surface area contributed by atoms with E-state index >= 15 is 0 Å². The second-order valence-corrected chi connectivity index (χ2v) is 5.55. The molecule has 1 N–H and O–H groups in total. The van der Waals surface area contributed by atoms with Crippen molar-refractivity contribution in [1.82, 2.24) is 15.1 Å². The van der Waals surface area contributed by atoms with Gasteiger partial charge in [-0.25, -0.2) is 0 Å². The molecule has 1 fully saturated rings. The van der Waals surface area contributed by atoms with Crippen LogP contribution in [-0.4, -0.2) is 63.2 Å². The number of para-hydroxylation sites is 1. The average Bonchev–Trinajstić information content (AvgIpc) is 2.45. The molecular formula is C16H27N3O. The Morgan fingerprint density at radius 3 is 2.75 bits per heavy atom. The first-order valence-corrected chi connectivity index (χ1v) is 7.45. The third-order valence-electron chi connectivity index (χ3n) is 4.15. The molecule has 20 heavy (non-hydrogen) atoms. The van der Waals surface area contributed by atoms with E-state index in [1.165, 1.54) is 5.56 Å². The van der Waals surface area contributed by atoms with Crippen molar-refractivity contribution in [2.45, 2.75) is 19.0 Å². The zero-order valence-electron chi connectivity index (χ0n) is 13.1. The molecule has 1 aliphatic rings. The third kappa shape index (κ3) is 3.32. The van der Waals surface area contributed by atoms with Crippen LogP contribution in [0.3, 0.4) is 0 Å². The van der Waals surface area contributed by atoms with E-state index in [1.807, 2.05) is 20.0 Å². The quantitative estimate of drug-likeness (QED) is 0.884. The summed E-state index contributed by atoms with van der Waals surface area (Å²) < 4.78 is 5.80. The van der Waals surface area contributed by atoms with Gasteiger partial charge in [0.1, 0.15) is 5.75 Å². The van der Waals surface area contributed by atoms with Gasteiger partial charge in [0.15, 0.2) is 0 Å². The zero-order chi connectivity index (χ0) is 14.5. The van der Waals surface area contributed by atoms with Crippen molar-refractivity contribution >= 4 is 0 Å². The summed E-state index contributed by atoms with van der Waals surface area (Å²) in [6, 6.07) is 9.11.